The Morgan fingerprint density at radius 1 is 1.05 bits per heavy atom. The highest BCUT2D eigenvalue weighted by molar-refractivity contribution is 5.87. The van der Waals surface area contributed by atoms with Gasteiger partial charge in [0.2, 0.25) is 0 Å². The second-order valence-electron chi connectivity index (χ2n) is 4.53. The van der Waals surface area contributed by atoms with Gasteiger partial charge in [0.25, 0.3) is 0 Å². The lowest BCUT2D eigenvalue weighted by atomic mass is 10.1. The first kappa shape index (κ1) is 16.0. The normalized spacial score (nSPS) is 10.1. The summed E-state index contributed by atoms with van der Waals surface area (Å²) in [6.45, 7) is 2.14. The molecule has 0 aliphatic carbocycles. The number of carbonyl (C=O) groups is 2. The Bertz CT molecular complexity index is 424. The second kappa shape index (κ2) is 8.96. The zero-order valence-electron chi connectivity index (χ0n) is 11.6. The molecule has 1 rings (SSSR count). The van der Waals surface area contributed by atoms with E-state index in [1.807, 2.05) is 0 Å². The van der Waals surface area contributed by atoms with Crippen molar-refractivity contribution in [3.63, 3.8) is 0 Å². The van der Waals surface area contributed by atoms with E-state index >= 15 is 0 Å². The maximum Gasteiger partial charge on any atom is 0.355 e. The van der Waals surface area contributed by atoms with Gasteiger partial charge in [0, 0.05) is 0 Å². The molecule has 0 saturated carbocycles. The minimum absolute atomic E-state index is 0.152. The molecule has 1 aromatic rings. The number of rotatable bonds is 9. The predicted molar refractivity (Wildman–Crippen MR) is 73.5 cm³/mol. The summed E-state index contributed by atoms with van der Waals surface area (Å²) >= 11 is 0. The first-order valence-electron chi connectivity index (χ1n) is 6.84. The van der Waals surface area contributed by atoms with Crippen LogP contribution in [0.4, 0.5) is 0 Å². The number of aromatic carboxylic acids is 1. The van der Waals surface area contributed by atoms with Crippen molar-refractivity contribution in [1.29, 1.82) is 0 Å². The van der Waals surface area contributed by atoms with Crippen LogP contribution in [0.1, 0.15) is 55.8 Å². The van der Waals surface area contributed by atoms with Gasteiger partial charge in [0.15, 0.2) is 5.75 Å². The van der Waals surface area contributed by atoms with Crippen LogP contribution in [0.2, 0.25) is 0 Å². The summed E-state index contributed by atoms with van der Waals surface area (Å²) in [5.41, 5.74) is 0.152. The molecule has 0 radical (unpaired) electrons. The molecule has 5 nitrogen and oxygen atoms in total. The molecule has 0 aromatic heterocycles. The fraction of sp³-hybridized carbons (Fsp3) is 0.467. The van der Waals surface area contributed by atoms with Crippen LogP contribution in [0.5, 0.6) is 5.75 Å². The smallest absolute Gasteiger partial charge is 0.355 e. The van der Waals surface area contributed by atoms with Gasteiger partial charge in [-0.3, -0.25) is 9.78 Å². The molecule has 0 amide bonds. The number of carboxylic acids is 1. The van der Waals surface area contributed by atoms with Crippen molar-refractivity contribution >= 4 is 11.9 Å². The summed E-state index contributed by atoms with van der Waals surface area (Å²) in [5.74, 6) is -1.13. The molecule has 0 aliphatic heterocycles. The summed E-state index contributed by atoms with van der Waals surface area (Å²) in [7, 11) is 0. The summed E-state index contributed by atoms with van der Waals surface area (Å²) in [4.78, 5) is 31.5. The van der Waals surface area contributed by atoms with Gasteiger partial charge < -0.3 is 5.11 Å². The molecule has 1 N–H and O–H groups in total. The van der Waals surface area contributed by atoms with Gasteiger partial charge >= 0.3 is 11.9 Å². The third-order valence-corrected chi connectivity index (χ3v) is 2.82. The van der Waals surface area contributed by atoms with E-state index in [9.17, 15) is 9.59 Å². The highest BCUT2D eigenvalue weighted by atomic mass is 17.2. The number of carboxylic acid groups (broad SMARTS) is 1. The molecule has 0 heterocycles. The summed E-state index contributed by atoms with van der Waals surface area (Å²) in [6, 6.07) is 5.66. The Morgan fingerprint density at radius 3 is 2.30 bits per heavy atom. The van der Waals surface area contributed by atoms with Crippen LogP contribution >= 0.6 is 0 Å². The van der Waals surface area contributed by atoms with Crippen molar-refractivity contribution < 1.29 is 24.5 Å². The highest BCUT2D eigenvalue weighted by Crippen LogP contribution is 2.13. The molecular formula is C15H20O5. The van der Waals surface area contributed by atoms with E-state index in [0.717, 1.165) is 19.3 Å². The summed E-state index contributed by atoms with van der Waals surface area (Å²) < 4.78 is 0. The molecule has 5 heteroatoms. The lowest BCUT2D eigenvalue weighted by Crippen LogP contribution is -2.07. The molecule has 1 aromatic carbocycles. The van der Waals surface area contributed by atoms with E-state index in [0.29, 0.717) is 12.2 Å². The van der Waals surface area contributed by atoms with Gasteiger partial charge in [-0.15, -0.1) is 0 Å². The second-order valence-corrected chi connectivity index (χ2v) is 4.53. The lowest BCUT2D eigenvalue weighted by molar-refractivity contribution is -0.213. The highest BCUT2D eigenvalue weighted by Gasteiger charge is 2.06. The van der Waals surface area contributed by atoms with E-state index in [1.165, 1.54) is 37.1 Å². The summed E-state index contributed by atoms with van der Waals surface area (Å²) in [5, 5.41) is 8.73. The quantitative estimate of drug-likeness (QED) is 0.425. The molecule has 0 atom stereocenters. The van der Waals surface area contributed by atoms with Gasteiger partial charge in [0.05, 0.1) is 12.0 Å². The zero-order chi connectivity index (χ0) is 14.8. The average Bonchev–Trinajstić information content (AvgIpc) is 2.45. The van der Waals surface area contributed by atoms with Crippen molar-refractivity contribution in [1.82, 2.24) is 0 Å². The van der Waals surface area contributed by atoms with Crippen molar-refractivity contribution in [2.45, 2.75) is 45.4 Å². The van der Waals surface area contributed by atoms with Crippen molar-refractivity contribution in [3.8, 4) is 5.75 Å². The van der Waals surface area contributed by atoms with Gasteiger partial charge in [-0.1, -0.05) is 32.6 Å². The molecule has 0 unspecified atom stereocenters. The Hall–Kier alpha value is -2.04. The van der Waals surface area contributed by atoms with Crippen LogP contribution in [0.15, 0.2) is 24.3 Å². The van der Waals surface area contributed by atoms with Crippen LogP contribution in [0.3, 0.4) is 0 Å². The third kappa shape index (κ3) is 6.22. The number of unbranched alkanes of at least 4 members (excludes halogenated alkanes) is 4. The van der Waals surface area contributed by atoms with E-state index in [2.05, 4.69) is 11.8 Å². The van der Waals surface area contributed by atoms with E-state index in [-0.39, 0.29) is 5.56 Å². The first-order valence-corrected chi connectivity index (χ1v) is 6.84. The Balaban J connectivity index is 2.22. The fourth-order valence-corrected chi connectivity index (χ4v) is 1.66. The Morgan fingerprint density at radius 2 is 1.70 bits per heavy atom. The number of hydrogen-bond acceptors (Lipinski definition) is 4. The molecule has 0 fully saturated rings. The van der Waals surface area contributed by atoms with E-state index in [4.69, 9.17) is 9.99 Å². The first-order chi connectivity index (χ1) is 9.63. The van der Waals surface area contributed by atoms with E-state index < -0.39 is 11.9 Å². The Labute approximate surface area is 118 Å². The van der Waals surface area contributed by atoms with Crippen LogP contribution in [0, 0.1) is 0 Å². The third-order valence-electron chi connectivity index (χ3n) is 2.82. The SMILES string of the molecule is CCCCCCCC(=O)OOc1ccc(C(=O)O)cc1. The summed E-state index contributed by atoms with van der Waals surface area (Å²) in [6.07, 6.45) is 5.61. The van der Waals surface area contributed by atoms with Crippen LogP contribution in [-0.2, 0) is 9.68 Å². The fourth-order valence-electron chi connectivity index (χ4n) is 1.66. The number of benzene rings is 1. The molecule has 0 bridgehead atoms. The minimum Gasteiger partial charge on any atom is -0.478 e. The molecule has 20 heavy (non-hydrogen) atoms. The van der Waals surface area contributed by atoms with Gasteiger partial charge in [-0.25, -0.2) is 9.59 Å². The van der Waals surface area contributed by atoms with Crippen LogP contribution < -0.4 is 4.89 Å². The molecular weight excluding hydrogens is 260 g/mol. The minimum atomic E-state index is -1.01. The van der Waals surface area contributed by atoms with Crippen molar-refractivity contribution in [3.05, 3.63) is 29.8 Å². The van der Waals surface area contributed by atoms with Crippen LogP contribution in [-0.4, -0.2) is 17.0 Å². The van der Waals surface area contributed by atoms with Crippen LogP contribution in [0.25, 0.3) is 0 Å². The zero-order valence-corrected chi connectivity index (χ0v) is 11.6. The largest absolute Gasteiger partial charge is 0.478 e. The van der Waals surface area contributed by atoms with E-state index in [1.54, 1.807) is 0 Å². The maximum atomic E-state index is 11.4. The Kier molecular flexibility index (Phi) is 7.17. The van der Waals surface area contributed by atoms with Gasteiger partial charge in [-0.2, -0.15) is 0 Å². The number of hydrogen-bond donors (Lipinski definition) is 1. The maximum absolute atomic E-state index is 11.4. The monoisotopic (exact) mass is 280 g/mol. The average molecular weight is 280 g/mol. The predicted octanol–water partition coefficient (Wildman–Crippen LogP) is 3.58. The topological polar surface area (TPSA) is 72.8 Å². The molecule has 110 valence electrons. The van der Waals surface area contributed by atoms with Gasteiger partial charge in [-0.05, 0) is 30.7 Å². The number of carbonyl (C=O) groups excluding carboxylic acids is 1. The van der Waals surface area contributed by atoms with Crippen molar-refractivity contribution in [2.75, 3.05) is 0 Å². The van der Waals surface area contributed by atoms with Crippen molar-refractivity contribution in [2.24, 2.45) is 0 Å². The molecule has 0 aliphatic rings. The molecule has 0 saturated heterocycles. The molecule has 0 spiro atoms. The standard InChI is InChI=1S/C15H20O5/c1-2-3-4-5-6-7-14(16)20-19-13-10-8-12(9-11-13)15(17)18/h8-11H,2-7H2,1H3,(H,17,18). The lowest BCUT2D eigenvalue weighted by Gasteiger charge is -2.04. The van der Waals surface area contributed by atoms with Gasteiger partial charge in [0.1, 0.15) is 0 Å².